The Morgan fingerprint density at radius 1 is 1.12 bits per heavy atom. The molecule has 4 heterocycles. The van der Waals surface area contributed by atoms with Crippen molar-refractivity contribution in [1.82, 2.24) is 20.5 Å². The summed E-state index contributed by atoms with van der Waals surface area (Å²) in [7, 11) is 0. The van der Waals surface area contributed by atoms with Crippen LogP contribution < -0.4 is 20.9 Å². The van der Waals surface area contributed by atoms with Gasteiger partial charge in [-0.25, -0.2) is 4.99 Å². The van der Waals surface area contributed by atoms with Gasteiger partial charge in [0, 0.05) is 55.1 Å². The number of nitrogens with one attached hydrogen (secondary N) is 3. The highest BCUT2D eigenvalue weighted by atomic mass is 15.3. The lowest BCUT2D eigenvalue weighted by molar-refractivity contribution is 0.365. The molecule has 1 saturated heterocycles. The van der Waals surface area contributed by atoms with E-state index < -0.39 is 0 Å². The Balaban J connectivity index is 1.30. The van der Waals surface area contributed by atoms with E-state index in [0.717, 1.165) is 61.0 Å². The first-order valence-electron chi connectivity index (χ1n) is 11.3. The molecule has 1 saturated carbocycles. The van der Waals surface area contributed by atoms with Gasteiger partial charge in [-0.15, -0.1) is 10.2 Å². The predicted molar refractivity (Wildman–Crippen MR) is 129 cm³/mol. The van der Waals surface area contributed by atoms with E-state index in [-0.39, 0.29) is 0 Å². The summed E-state index contributed by atoms with van der Waals surface area (Å²) in [5, 5.41) is 18.4. The second-order valence-corrected chi connectivity index (χ2v) is 8.45. The zero-order valence-corrected chi connectivity index (χ0v) is 18.2. The van der Waals surface area contributed by atoms with Crippen LogP contribution in [0.3, 0.4) is 0 Å². The van der Waals surface area contributed by atoms with Crippen LogP contribution >= 0.6 is 0 Å². The van der Waals surface area contributed by atoms with Gasteiger partial charge in [0.15, 0.2) is 0 Å². The maximum atomic E-state index is 4.92. The topological polar surface area (TPSA) is 103 Å². The van der Waals surface area contributed by atoms with Crippen LogP contribution in [0, 0.1) is 5.92 Å². The second-order valence-electron chi connectivity index (χ2n) is 8.45. The average molecular weight is 432 g/mol. The van der Waals surface area contributed by atoms with Crippen LogP contribution in [0.4, 0.5) is 17.3 Å². The van der Waals surface area contributed by atoms with Crippen molar-refractivity contribution in [2.45, 2.75) is 31.7 Å². The monoisotopic (exact) mass is 431 g/mol. The molecule has 0 bridgehead atoms. The van der Waals surface area contributed by atoms with Gasteiger partial charge in [-0.2, -0.15) is 0 Å². The molecule has 3 N–H and O–H groups in total. The van der Waals surface area contributed by atoms with Crippen LogP contribution in [-0.2, 0) is 0 Å². The fraction of sp³-hybridized carbons (Fsp3) is 0.435. The number of rotatable bonds is 8. The Morgan fingerprint density at radius 3 is 2.59 bits per heavy atom. The van der Waals surface area contributed by atoms with Crippen LogP contribution in [0.5, 0.6) is 0 Å². The van der Waals surface area contributed by atoms with Gasteiger partial charge < -0.3 is 20.9 Å². The van der Waals surface area contributed by atoms with Crippen molar-refractivity contribution in [3.8, 4) is 0 Å². The molecule has 2 fully saturated rings. The number of fused-ring (bicyclic) bond motifs is 1. The van der Waals surface area contributed by atoms with E-state index in [1.165, 1.54) is 12.8 Å². The zero-order chi connectivity index (χ0) is 21.8. The number of anilines is 3. The minimum Gasteiger partial charge on any atom is -0.368 e. The highest BCUT2D eigenvalue weighted by Gasteiger charge is 2.36. The van der Waals surface area contributed by atoms with E-state index in [1.807, 2.05) is 30.6 Å². The minimum atomic E-state index is 0.393. The molecule has 1 aliphatic carbocycles. The third kappa shape index (κ3) is 4.20. The molecular weight excluding hydrogens is 402 g/mol. The summed E-state index contributed by atoms with van der Waals surface area (Å²) in [6.07, 6.45) is 10.3. The summed E-state index contributed by atoms with van der Waals surface area (Å²) in [5.41, 5.74) is 3.20. The van der Waals surface area contributed by atoms with Crippen molar-refractivity contribution in [3.63, 3.8) is 0 Å². The lowest BCUT2D eigenvalue weighted by Crippen LogP contribution is -2.45. The largest absolute Gasteiger partial charge is 0.368 e. The van der Waals surface area contributed by atoms with Gasteiger partial charge in [0.05, 0.1) is 11.9 Å². The van der Waals surface area contributed by atoms with E-state index >= 15 is 0 Å². The maximum Gasteiger partial charge on any atom is 0.150 e. The number of amidine groups is 1. The Kier molecular flexibility index (Phi) is 6.06. The van der Waals surface area contributed by atoms with Gasteiger partial charge in [-0.3, -0.25) is 9.98 Å². The molecule has 32 heavy (non-hydrogen) atoms. The van der Waals surface area contributed by atoms with Crippen molar-refractivity contribution in [3.05, 3.63) is 42.4 Å². The summed E-state index contributed by atoms with van der Waals surface area (Å²) in [4.78, 5) is 15.7. The molecule has 9 heteroatoms. The van der Waals surface area contributed by atoms with E-state index in [4.69, 9.17) is 4.99 Å². The lowest BCUT2D eigenvalue weighted by Gasteiger charge is -2.27. The molecule has 0 spiro atoms. The molecular formula is C23H29N9. The van der Waals surface area contributed by atoms with Gasteiger partial charge >= 0.3 is 0 Å². The fourth-order valence-electron chi connectivity index (χ4n) is 4.54. The first-order chi connectivity index (χ1) is 15.8. The molecule has 3 aliphatic rings. The van der Waals surface area contributed by atoms with Crippen LogP contribution in [0.2, 0.25) is 0 Å². The molecule has 0 aromatic carbocycles. The second kappa shape index (κ2) is 9.44. The minimum absolute atomic E-state index is 0.393. The molecule has 0 radical (unpaired) electrons. The van der Waals surface area contributed by atoms with Crippen molar-refractivity contribution in [1.29, 1.82) is 0 Å². The highest BCUT2D eigenvalue weighted by Crippen LogP contribution is 2.41. The zero-order valence-electron chi connectivity index (χ0n) is 18.2. The SMILES string of the molecule is C=N/C=C1\C(=N/CNc2ccc(NCC3CNC3)nn2)N(C2CCCC2)c2cnccc21. The van der Waals surface area contributed by atoms with E-state index in [1.54, 1.807) is 6.20 Å². The Bertz CT molecular complexity index is 1000. The first kappa shape index (κ1) is 20.6. The molecule has 5 rings (SSSR count). The lowest BCUT2D eigenvalue weighted by atomic mass is 10.0. The number of pyridine rings is 1. The van der Waals surface area contributed by atoms with Crippen LogP contribution in [0.15, 0.2) is 46.8 Å². The average Bonchev–Trinajstić information content (AvgIpc) is 3.41. The van der Waals surface area contributed by atoms with Crippen molar-refractivity contribution < 1.29 is 0 Å². The fourth-order valence-corrected chi connectivity index (χ4v) is 4.54. The maximum absolute atomic E-state index is 4.92. The van der Waals surface area contributed by atoms with Gasteiger partial charge in [-0.1, -0.05) is 12.8 Å². The van der Waals surface area contributed by atoms with Crippen LogP contribution in [-0.4, -0.2) is 60.1 Å². The molecule has 0 atom stereocenters. The molecule has 0 unspecified atom stereocenters. The third-order valence-electron chi connectivity index (χ3n) is 6.32. The van der Waals surface area contributed by atoms with Gasteiger partial charge in [-0.05, 0) is 37.8 Å². The number of hydrogen-bond acceptors (Lipinski definition) is 8. The number of aliphatic imine (C=N–C) groups is 2. The predicted octanol–water partition coefficient (Wildman–Crippen LogP) is 2.78. The van der Waals surface area contributed by atoms with Crippen molar-refractivity contribution in [2.24, 2.45) is 15.9 Å². The van der Waals surface area contributed by atoms with Crippen molar-refractivity contribution >= 4 is 35.4 Å². The molecule has 166 valence electrons. The molecule has 2 aromatic heterocycles. The number of nitrogens with zero attached hydrogens (tertiary/aromatic N) is 6. The summed E-state index contributed by atoms with van der Waals surface area (Å²) >= 11 is 0. The Hall–Kier alpha value is -3.33. The Morgan fingerprint density at radius 2 is 1.91 bits per heavy atom. The molecule has 2 aliphatic heterocycles. The summed E-state index contributed by atoms with van der Waals surface area (Å²) in [5.74, 6) is 3.08. The summed E-state index contributed by atoms with van der Waals surface area (Å²) in [6, 6.07) is 6.34. The standard InChI is InChI=1S/C23H29N9/c1-24-13-19-18-8-9-25-14-20(18)32(17-4-2-3-5-17)23(19)29-15-28-22-7-6-21(30-31-22)27-12-16-10-26-11-16/h6-9,13-14,16-17,26H,1-5,10-12,15H2,(H,27,30)(H,28,31)/b19-13-,29-23+. The number of aromatic nitrogens is 3. The quantitative estimate of drug-likeness (QED) is 0.552. The smallest absolute Gasteiger partial charge is 0.150 e. The molecule has 9 nitrogen and oxygen atoms in total. The van der Waals surface area contributed by atoms with Gasteiger partial charge in [0.25, 0.3) is 0 Å². The Labute approximate surface area is 188 Å². The van der Waals surface area contributed by atoms with Gasteiger partial charge in [0.1, 0.15) is 24.1 Å². The van der Waals surface area contributed by atoms with Crippen molar-refractivity contribution in [2.75, 3.05) is 41.8 Å². The van der Waals surface area contributed by atoms with E-state index in [2.05, 4.69) is 47.7 Å². The number of hydrogen-bond donors (Lipinski definition) is 3. The normalized spacial score (nSPS) is 21.1. The first-order valence-corrected chi connectivity index (χ1v) is 11.3. The molecule has 2 aromatic rings. The van der Waals surface area contributed by atoms with E-state index in [0.29, 0.717) is 24.4 Å². The van der Waals surface area contributed by atoms with Gasteiger partial charge in [0.2, 0.25) is 0 Å². The van der Waals surface area contributed by atoms with E-state index in [9.17, 15) is 0 Å². The summed E-state index contributed by atoms with van der Waals surface area (Å²) in [6.45, 7) is 7.11. The molecule has 0 amide bonds. The van der Waals surface area contributed by atoms with Crippen LogP contribution in [0.25, 0.3) is 5.57 Å². The van der Waals surface area contributed by atoms with Crippen LogP contribution in [0.1, 0.15) is 31.2 Å². The highest BCUT2D eigenvalue weighted by molar-refractivity contribution is 6.35. The summed E-state index contributed by atoms with van der Waals surface area (Å²) < 4.78 is 0. The third-order valence-corrected chi connectivity index (χ3v) is 6.32.